The fraction of sp³-hybridized carbons (Fsp3) is 0.588. The van der Waals surface area contributed by atoms with Crippen molar-refractivity contribution in [2.75, 3.05) is 6.61 Å². The summed E-state index contributed by atoms with van der Waals surface area (Å²) in [5, 5.41) is 0. The largest absolute Gasteiger partial charge is 0.426 e. The summed E-state index contributed by atoms with van der Waals surface area (Å²) in [4.78, 5) is 12.0. The van der Waals surface area contributed by atoms with Crippen LogP contribution in [0.5, 0.6) is 5.75 Å². The lowest BCUT2D eigenvalue weighted by atomic mass is 10.0. The Morgan fingerprint density at radius 1 is 1.45 bits per heavy atom. The lowest BCUT2D eigenvalue weighted by Gasteiger charge is -2.14. The van der Waals surface area contributed by atoms with Crippen molar-refractivity contribution < 1.29 is 14.3 Å². The zero-order valence-corrected chi connectivity index (χ0v) is 12.6. The molecule has 0 N–H and O–H groups in total. The predicted molar refractivity (Wildman–Crippen MR) is 79.1 cm³/mol. The molecule has 110 valence electrons. The topological polar surface area (TPSA) is 35.5 Å². The molecule has 1 fully saturated rings. The minimum atomic E-state index is -0.159. The fourth-order valence-electron chi connectivity index (χ4n) is 2.53. The van der Waals surface area contributed by atoms with Crippen molar-refractivity contribution in [1.29, 1.82) is 0 Å². The van der Waals surface area contributed by atoms with Gasteiger partial charge in [-0.2, -0.15) is 0 Å². The highest BCUT2D eigenvalue weighted by Crippen LogP contribution is 2.28. The number of carbonyl (C=O) groups excluding carboxylic acids is 1. The zero-order valence-electron chi connectivity index (χ0n) is 12.6. The fourth-order valence-corrected chi connectivity index (χ4v) is 2.53. The van der Waals surface area contributed by atoms with Crippen LogP contribution in [-0.4, -0.2) is 18.7 Å². The molecule has 0 bridgehead atoms. The molecule has 0 amide bonds. The van der Waals surface area contributed by atoms with E-state index >= 15 is 0 Å². The van der Waals surface area contributed by atoms with E-state index in [2.05, 4.69) is 19.9 Å². The van der Waals surface area contributed by atoms with E-state index in [1.807, 2.05) is 19.1 Å². The van der Waals surface area contributed by atoms with E-state index in [4.69, 9.17) is 9.47 Å². The highest BCUT2D eigenvalue weighted by molar-refractivity contribution is 5.73. The molecule has 1 aliphatic rings. The number of hydrogen-bond acceptors (Lipinski definition) is 3. The maximum atomic E-state index is 12.0. The van der Waals surface area contributed by atoms with Gasteiger partial charge in [0.25, 0.3) is 0 Å². The third kappa shape index (κ3) is 4.07. The number of benzene rings is 1. The molecule has 0 saturated carbocycles. The maximum absolute atomic E-state index is 12.0. The van der Waals surface area contributed by atoms with Crippen molar-refractivity contribution in [3.63, 3.8) is 0 Å². The van der Waals surface area contributed by atoms with Gasteiger partial charge in [-0.25, -0.2) is 0 Å². The van der Waals surface area contributed by atoms with E-state index in [9.17, 15) is 4.79 Å². The van der Waals surface area contributed by atoms with Gasteiger partial charge in [-0.15, -0.1) is 0 Å². The van der Waals surface area contributed by atoms with Crippen LogP contribution in [0.3, 0.4) is 0 Å². The number of hydrogen-bond donors (Lipinski definition) is 0. The summed E-state index contributed by atoms with van der Waals surface area (Å²) in [6, 6.07) is 6.04. The lowest BCUT2D eigenvalue weighted by Crippen LogP contribution is -2.14. The van der Waals surface area contributed by atoms with Gasteiger partial charge < -0.3 is 9.47 Å². The minimum Gasteiger partial charge on any atom is -0.426 e. The van der Waals surface area contributed by atoms with E-state index in [1.54, 1.807) is 0 Å². The SMILES string of the molecule is Cc1ccc(C(C)C)c(OC(=O)CCC2CCCO2)c1. The highest BCUT2D eigenvalue weighted by Gasteiger charge is 2.18. The molecule has 2 rings (SSSR count). The molecule has 1 saturated heterocycles. The molecule has 20 heavy (non-hydrogen) atoms. The van der Waals surface area contributed by atoms with Crippen LogP contribution in [0.2, 0.25) is 0 Å². The van der Waals surface area contributed by atoms with E-state index in [0.717, 1.165) is 37.0 Å². The average Bonchev–Trinajstić information content (AvgIpc) is 2.89. The number of carbonyl (C=O) groups is 1. The van der Waals surface area contributed by atoms with Gasteiger partial charge in [-0.05, 0) is 49.3 Å². The van der Waals surface area contributed by atoms with Crippen molar-refractivity contribution in [1.82, 2.24) is 0 Å². The number of aryl methyl sites for hydroxylation is 1. The van der Waals surface area contributed by atoms with Crippen LogP contribution in [0.1, 0.15) is 56.6 Å². The van der Waals surface area contributed by atoms with Crippen molar-refractivity contribution in [2.45, 2.75) is 58.5 Å². The van der Waals surface area contributed by atoms with Gasteiger partial charge in [0.2, 0.25) is 0 Å². The maximum Gasteiger partial charge on any atom is 0.311 e. The third-order valence-electron chi connectivity index (χ3n) is 3.71. The normalized spacial score (nSPS) is 18.5. The first-order valence-corrected chi connectivity index (χ1v) is 7.49. The van der Waals surface area contributed by atoms with Gasteiger partial charge in [0, 0.05) is 13.0 Å². The van der Waals surface area contributed by atoms with E-state index in [-0.39, 0.29) is 12.1 Å². The Balaban J connectivity index is 1.94. The van der Waals surface area contributed by atoms with Crippen molar-refractivity contribution in [3.05, 3.63) is 29.3 Å². The second-order valence-corrected chi connectivity index (χ2v) is 5.84. The Labute approximate surface area is 121 Å². The Morgan fingerprint density at radius 2 is 2.25 bits per heavy atom. The highest BCUT2D eigenvalue weighted by atomic mass is 16.5. The van der Waals surface area contributed by atoms with Crippen LogP contribution in [-0.2, 0) is 9.53 Å². The third-order valence-corrected chi connectivity index (χ3v) is 3.71. The zero-order chi connectivity index (χ0) is 14.5. The molecule has 3 heteroatoms. The van der Waals surface area contributed by atoms with Crippen LogP contribution in [0.25, 0.3) is 0 Å². The molecule has 0 spiro atoms. The second-order valence-electron chi connectivity index (χ2n) is 5.84. The Morgan fingerprint density at radius 3 is 2.90 bits per heavy atom. The minimum absolute atomic E-state index is 0.159. The Bertz CT molecular complexity index is 459. The Kier molecular flexibility index (Phi) is 5.18. The summed E-state index contributed by atoms with van der Waals surface area (Å²) in [6.45, 7) is 7.05. The number of rotatable bonds is 5. The molecule has 0 radical (unpaired) electrons. The van der Waals surface area contributed by atoms with Gasteiger partial charge in [0.15, 0.2) is 0 Å². The van der Waals surface area contributed by atoms with E-state index in [1.165, 1.54) is 0 Å². The molecule has 0 aliphatic carbocycles. The van der Waals surface area contributed by atoms with Gasteiger partial charge >= 0.3 is 5.97 Å². The van der Waals surface area contributed by atoms with Gasteiger partial charge in [0.05, 0.1) is 6.10 Å². The second kappa shape index (κ2) is 6.89. The molecular weight excluding hydrogens is 252 g/mol. The van der Waals surface area contributed by atoms with Crippen molar-refractivity contribution >= 4 is 5.97 Å². The molecule has 1 heterocycles. The van der Waals surface area contributed by atoms with Crippen LogP contribution in [0.4, 0.5) is 0 Å². The number of ether oxygens (including phenoxy) is 2. The summed E-state index contributed by atoms with van der Waals surface area (Å²) >= 11 is 0. The van der Waals surface area contributed by atoms with Gasteiger partial charge in [-0.1, -0.05) is 26.0 Å². The summed E-state index contributed by atoms with van der Waals surface area (Å²) in [7, 11) is 0. The summed E-state index contributed by atoms with van der Waals surface area (Å²) in [6.07, 6.45) is 3.60. The first kappa shape index (κ1) is 15.0. The van der Waals surface area contributed by atoms with Crippen LogP contribution < -0.4 is 4.74 Å². The standard InChI is InChI=1S/C17H24O3/c1-12(2)15-8-6-13(3)11-16(15)20-17(18)9-7-14-5-4-10-19-14/h6,8,11-12,14H,4-5,7,9-10H2,1-3H3. The summed E-state index contributed by atoms with van der Waals surface area (Å²) in [5.74, 6) is 0.891. The monoisotopic (exact) mass is 276 g/mol. The van der Waals surface area contributed by atoms with E-state index in [0.29, 0.717) is 18.1 Å². The quantitative estimate of drug-likeness (QED) is 0.602. The molecule has 0 aromatic heterocycles. The first-order valence-electron chi connectivity index (χ1n) is 7.49. The van der Waals surface area contributed by atoms with Crippen LogP contribution >= 0.6 is 0 Å². The average molecular weight is 276 g/mol. The first-order chi connectivity index (χ1) is 9.56. The van der Waals surface area contributed by atoms with Gasteiger partial charge in [-0.3, -0.25) is 4.79 Å². The van der Waals surface area contributed by atoms with Gasteiger partial charge in [0.1, 0.15) is 5.75 Å². The molecule has 1 aromatic rings. The Hall–Kier alpha value is -1.35. The smallest absolute Gasteiger partial charge is 0.311 e. The van der Waals surface area contributed by atoms with Crippen molar-refractivity contribution in [3.8, 4) is 5.75 Å². The lowest BCUT2D eigenvalue weighted by molar-refractivity contribution is -0.135. The number of esters is 1. The van der Waals surface area contributed by atoms with Crippen LogP contribution in [0.15, 0.2) is 18.2 Å². The molecule has 1 atom stereocenters. The van der Waals surface area contributed by atoms with Crippen molar-refractivity contribution in [2.24, 2.45) is 0 Å². The molecule has 1 unspecified atom stereocenters. The van der Waals surface area contributed by atoms with E-state index < -0.39 is 0 Å². The summed E-state index contributed by atoms with van der Waals surface area (Å²) in [5.41, 5.74) is 2.19. The molecular formula is C17H24O3. The van der Waals surface area contributed by atoms with Crippen LogP contribution in [0, 0.1) is 6.92 Å². The molecule has 1 aliphatic heterocycles. The molecule has 3 nitrogen and oxygen atoms in total. The summed E-state index contributed by atoms with van der Waals surface area (Å²) < 4.78 is 11.1. The molecule has 1 aromatic carbocycles. The predicted octanol–water partition coefficient (Wildman–Crippen LogP) is 3.98.